The lowest BCUT2D eigenvalue weighted by atomic mass is 10.1. The molecule has 0 spiro atoms. The summed E-state index contributed by atoms with van der Waals surface area (Å²) in [6.45, 7) is 6.38. The first-order valence-electron chi connectivity index (χ1n) is 9.74. The Morgan fingerprint density at radius 2 is 1.69 bits per heavy atom. The minimum absolute atomic E-state index is 0.158. The normalized spacial score (nSPS) is 13.0. The molecule has 0 saturated heterocycles. The zero-order valence-corrected chi connectivity index (χ0v) is 18.0. The molecule has 0 aliphatic carbocycles. The van der Waals surface area contributed by atoms with Crippen molar-refractivity contribution in [3.8, 4) is 0 Å². The van der Waals surface area contributed by atoms with Gasteiger partial charge in [-0.25, -0.2) is 8.42 Å². The Morgan fingerprint density at radius 3 is 2.31 bits per heavy atom. The van der Waals surface area contributed by atoms with E-state index in [9.17, 15) is 13.2 Å². The van der Waals surface area contributed by atoms with Gasteiger partial charge in [-0.15, -0.1) is 0 Å². The molecule has 3 aromatic rings. The monoisotopic (exact) mass is 413 g/mol. The molecule has 1 atom stereocenters. The number of nitrogens with one attached hydrogen (secondary N) is 1. The summed E-state index contributed by atoms with van der Waals surface area (Å²) < 4.78 is 28.6. The number of amides is 1. The fourth-order valence-corrected chi connectivity index (χ4v) is 4.98. The van der Waals surface area contributed by atoms with E-state index in [1.807, 2.05) is 62.8 Å². The molecule has 0 aliphatic heterocycles. The van der Waals surface area contributed by atoms with Crippen LogP contribution in [0, 0.1) is 0 Å². The molecule has 2 aromatic carbocycles. The lowest BCUT2D eigenvalue weighted by Gasteiger charge is -2.19. The highest BCUT2D eigenvalue weighted by atomic mass is 32.2. The van der Waals surface area contributed by atoms with Crippen LogP contribution in [0.1, 0.15) is 42.7 Å². The molecular weight excluding hydrogens is 386 g/mol. The molecule has 1 amide bonds. The Balaban J connectivity index is 1.79. The number of fused-ring (bicyclic) bond motifs is 1. The molecule has 6 nitrogen and oxygen atoms in total. The minimum atomic E-state index is -3.49. The predicted molar refractivity (Wildman–Crippen MR) is 115 cm³/mol. The van der Waals surface area contributed by atoms with Crippen molar-refractivity contribution >= 4 is 26.8 Å². The second-order valence-electron chi connectivity index (χ2n) is 7.02. The minimum Gasteiger partial charge on any atom is -0.350 e. The number of carbonyl (C=O) groups excluding carboxylic acids is 1. The summed E-state index contributed by atoms with van der Waals surface area (Å²) >= 11 is 0. The predicted octanol–water partition coefficient (Wildman–Crippen LogP) is 3.70. The van der Waals surface area contributed by atoms with Crippen molar-refractivity contribution in [3.05, 3.63) is 65.9 Å². The molecule has 0 bridgehead atoms. The van der Waals surface area contributed by atoms with Gasteiger partial charge in [0.1, 0.15) is 0 Å². The third kappa shape index (κ3) is 4.06. The molecule has 7 heteroatoms. The number of aryl methyl sites for hydroxylation is 1. The van der Waals surface area contributed by atoms with Crippen LogP contribution in [0.3, 0.4) is 0 Å². The first-order chi connectivity index (χ1) is 13.8. The summed E-state index contributed by atoms with van der Waals surface area (Å²) in [5.74, 6) is -0.158. The topological polar surface area (TPSA) is 71.4 Å². The molecule has 1 heterocycles. The highest BCUT2D eigenvalue weighted by Gasteiger charge is 2.22. The third-order valence-corrected chi connectivity index (χ3v) is 7.28. The number of carbonyl (C=O) groups is 1. The quantitative estimate of drug-likeness (QED) is 0.642. The average molecular weight is 414 g/mol. The van der Waals surface area contributed by atoms with Crippen molar-refractivity contribution in [2.75, 3.05) is 13.1 Å². The molecule has 1 N–H and O–H groups in total. The Labute approximate surface area is 172 Å². The summed E-state index contributed by atoms with van der Waals surface area (Å²) in [6, 6.07) is 14.2. The van der Waals surface area contributed by atoms with Crippen LogP contribution in [0.5, 0.6) is 0 Å². The molecule has 0 aliphatic rings. The molecule has 154 valence electrons. The fraction of sp³-hybridized carbons (Fsp3) is 0.318. The molecule has 0 fully saturated rings. The second kappa shape index (κ2) is 8.39. The van der Waals surface area contributed by atoms with Gasteiger partial charge in [0.2, 0.25) is 10.0 Å². The van der Waals surface area contributed by atoms with Gasteiger partial charge in [-0.2, -0.15) is 4.31 Å². The van der Waals surface area contributed by atoms with E-state index >= 15 is 0 Å². The van der Waals surface area contributed by atoms with Gasteiger partial charge in [-0.3, -0.25) is 4.79 Å². The van der Waals surface area contributed by atoms with Crippen LogP contribution >= 0.6 is 0 Å². The largest absolute Gasteiger partial charge is 0.350 e. The van der Waals surface area contributed by atoms with Crippen molar-refractivity contribution in [2.45, 2.75) is 31.7 Å². The Bertz CT molecular complexity index is 1110. The molecule has 1 aromatic heterocycles. The van der Waals surface area contributed by atoms with Crippen LogP contribution in [0.15, 0.2) is 59.6 Å². The zero-order valence-electron chi connectivity index (χ0n) is 17.2. The summed E-state index contributed by atoms with van der Waals surface area (Å²) in [7, 11) is -1.57. The maximum Gasteiger partial charge on any atom is 0.253 e. The first-order valence-corrected chi connectivity index (χ1v) is 11.2. The van der Waals surface area contributed by atoms with E-state index in [1.165, 1.54) is 4.31 Å². The molecule has 0 radical (unpaired) electrons. The van der Waals surface area contributed by atoms with Crippen molar-refractivity contribution in [3.63, 3.8) is 0 Å². The Morgan fingerprint density at radius 1 is 1.07 bits per heavy atom. The van der Waals surface area contributed by atoms with E-state index < -0.39 is 10.0 Å². The van der Waals surface area contributed by atoms with Crippen molar-refractivity contribution < 1.29 is 13.2 Å². The van der Waals surface area contributed by atoms with Crippen LogP contribution in [0.25, 0.3) is 10.9 Å². The number of hydrogen-bond donors (Lipinski definition) is 1. The van der Waals surface area contributed by atoms with E-state index in [4.69, 9.17) is 0 Å². The van der Waals surface area contributed by atoms with E-state index in [2.05, 4.69) is 5.32 Å². The maximum atomic E-state index is 12.8. The standard InChI is InChI=1S/C22H27N3O3S/c1-5-25(6-2)29(27,28)18-13-11-17(12-14-18)16(3)23-22(26)20-15-24(4)21-10-8-7-9-19(20)21/h7-16H,5-6H2,1-4H3,(H,23,26)/t16-/m1/s1. The Kier molecular flexibility index (Phi) is 6.10. The summed E-state index contributed by atoms with van der Waals surface area (Å²) in [4.78, 5) is 13.1. The van der Waals surface area contributed by atoms with E-state index in [0.29, 0.717) is 18.7 Å². The Hall–Kier alpha value is -2.64. The highest BCUT2D eigenvalue weighted by Crippen LogP contribution is 2.23. The van der Waals surface area contributed by atoms with Crippen molar-refractivity contribution in [1.82, 2.24) is 14.2 Å². The molecule has 0 unspecified atom stereocenters. The summed E-state index contributed by atoms with van der Waals surface area (Å²) in [6.07, 6.45) is 1.83. The number of sulfonamides is 1. The number of para-hydroxylation sites is 1. The second-order valence-corrected chi connectivity index (χ2v) is 8.96. The van der Waals surface area contributed by atoms with E-state index in [0.717, 1.165) is 16.5 Å². The smallest absolute Gasteiger partial charge is 0.253 e. The number of nitrogens with zero attached hydrogens (tertiary/aromatic N) is 2. The molecule has 29 heavy (non-hydrogen) atoms. The third-order valence-electron chi connectivity index (χ3n) is 5.21. The highest BCUT2D eigenvalue weighted by molar-refractivity contribution is 7.89. The number of rotatable bonds is 7. The number of benzene rings is 2. The summed E-state index contributed by atoms with van der Waals surface area (Å²) in [5, 5.41) is 3.91. The fourth-order valence-electron chi connectivity index (χ4n) is 3.52. The maximum absolute atomic E-state index is 12.8. The molecular formula is C22H27N3O3S. The number of hydrogen-bond acceptors (Lipinski definition) is 3. The van der Waals surface area contributed by atoms with Crippen molar-refractivity contribution in [1.29, 1.82) is 0 Å². The van der Waals surface area contributed by atoms with Gasteiger partial charge in [0.25, 0.3) is 5.91 Å². The van der Waals surface area contributed by atoms with Gasteiger partial charge < -0.3 is 9.88 Å². The summed E-state index contributed by atoms with van der Waals surface area (Å²) in [5.41, 5.74) is 2.46. The van der Waals surface area contributed by atoms with Crippen LogP contribution in [0.2, 0.25) is 0 Å². The van der Waals surface area contributed by atoms with Gasteiger partial charge in [0, 0.05) is 37.2 Å². The van der Waals surface area contributed by atoms with Gasteiger partial charge in [0.05, 0.1) is 16.5 Å². The SMILES string of the molecule is CCN(CC)S(=O)(=O)c1ccc([C@@H](C)NC(=O)c2cn(C)c3ccccc23)cc1. The van der Waals surface area contributed by atoms with Crippen molar-refractivity contribution in [2.24, 2.45) is 7.05 Å². The van der Waals surface area contributed by atoms with Crippen LogP contribution in [-0.2, 0) is 17.1 Å². The van der Waals surface area contributed by atoms with Gasteiger partial charge in [-0.1, -0.05) is 44.2 Å². The first kappa shape index (κ1) is 21.1. The van der Waals surface area contributed by atoms with E-state index in [1.54, 1.807) is 24.3 Å². The van der Waals surface area contributed by atoms with E-state index in [-0.39, 0.29) is 16.8 Å². The lowest BCUT2D eigenvalue weighted by Crippen LogP contribution is -2.30. The van der Waals surface area contributed by atoms with Gasteiger partial charge in [0.15, 0.2) is 0 Å². The average Bonchev–Trinajstić information content (AvgIpc) is 3.06. The van der Waals surface area contributed by atoms with Gasteiger partial charge in [-0.05, 0) is 30.7 Å². The van der Waals surface area contributed by atoms with Crippen LogP contribution in [-0.4, -0.2) is 36.3 Å². The van der Waals surface area contributed by atoms with Crippen LogP contribution < -0.4 is 5.32 Å². The molecule has 0 saturated carbocycles. The zero-order chi connectivity index (χ0) is 21.2. The number of aromatic nitrogens is 1. The van der Waals surface area contributed by atoms with Gasteiger partial charge >= 0.3 is 0 Å². The molecule has 3 rings (SSSR count). The van der Waals surface area contributed by atoms with Crippen LogP contribution in [0.4, 0.5) is 0 Å². The lowest BCUT2D eigenvalue weighted by molar-refractivity contribution is 0.0941.